The molecule has 0 aromatic carbocycles. The van der Waals surface area contributed by atoms with Gasteiger partial charge in [0.15, 0.2) is 0 Å². The van der Waals surface area contributed by atoms with Crippen LogP contribution in [0.1, 0.15) is 24.8 Å². The van der Waals surface area contributed by atoms with Gasteiger partial charge in [0.25, 0.3) is 0 Å². The predicted molar refractivity (Wildman–Crippen MR) is 71.3 cm³/mol. The maximum absolute atomic E-state index is 12.1. The topological polar surface area (TPSA) is 32.3 Å². The number of nitrogens with one attached hydrogen (secondary N) is 1. The molecule has 3 nitrogen and oxygen atoms in total. The number of aryl methyl sites for hydroxylation is 1. The van der Waals surface area contributed by atoms with Crippen molar-refractivity contribution in [2.75, 3.05) is 20.1 Å². The van der Waals surface area contributed by atoms with Crippen molar-refractivity contribution in [3.63, 3.8) is 0 Å². The minimum absolute atomic E-state index is 0.302. The quantitative estimate of drug-likeness (QED) is 0.887. The van der Waals surface area contributed by atoms with E-state index in [0.29, 0.717) is 18.4 Å². The maximum Gasteiger partial charge on any atom is 0.222 e. The summed E-state index contributed by atoms with van der Waals surface area (Å²) in [5.74, 6) is 0.302. The van der Waals surface area contributed by atoms with Crippen molar-refractivity contribution in [3.05, 3.63) is 22.4 Å². The molecule has 94 valence electrons. The summed E-state index contributed by atoms with van der Waals surface area (Å²) < 4.78 is 0. The molecule has 1 aliphatic rings. The van der Waals surface area contributed by atoms with Gasteiger partial charge >= 0.3 is 0 Å². The lowest BCUT2D eigenvalue weighted by molar-refractivity contribution is -0.132. The van der Waals surface area contributed by atoms with Gasteiger partial charge < -0.3 is 10.2 Å². The van der Waals surface area contributed by atoms with E-state index in [1.54, 1.807) is 11.3 Å². The van der Waals surface area contributed by atoms with Gasteiger partial charge in [-0.15, -0.1) is 0 Å². The number of likely N-dealkylation sites (N-methyl/N-ethyl adjacent to an activating group) is 1. The number of nitrogens with zero attached hydrogens (tertiary/aromatic N) is 1. The Morgan fingerprint density at radius 3 is 3.24 bits per heavy atom. The second-order valence-corrected chi connectivity index (χ2v) is 5.38. The smallest absolute Gasteiger partial charge is 0.222 e. The molecule has 4 heteroatoms. The van der Waals surface area contributed by atoms with E-state index >= 15 is 0 Å². The summed E-state index contributed by atoms with van der Waals surface area (Å²) >= 11 is 1.70. The average molecular weight is 252 g/mol. The summed E-state index contributed by atoms with van der Waals surface area (Å²) in [6.07, 6.45) is 3.83. The second-order valence-electron chi connectivity index (χ2n) is 4.60. The Morgan fingerprint density at radius 2 is 2.53 bits per heavy atom. The molecule has 1 aromatic heterocycles. The van der Waals surface area contributed by atoms with Crippen LogP contribution in [-0.2, 0) is 11.2 Å². The zero-order valence-electron chi connectivity index (χ0n) is 10.3. The van der Waals surface area contributed by atoms with Gasteiger partial charge in [-0.1, -0.05) is 0 Å². The first-order valence-corrected chi connectivity index (χ1v) is 7.20. The Labute approximate surface area is 107 Å². The average Bonchev–Trinajstić information content (AvgIpc) is 2.89. The Balaban J connectivity index is 1.79. The van der Waals surface area contributed by atoms with E-state index < -0.39 is 0 Å². The van der Waals surface area contributed by atoms with Crippen molar-refractivity contribution < 1.29 is 4.79 Å². The highest BCUT2D eigenvalue weighted by atomic mass is 32.1. The van der Waals surface area contributed by atoms with E-state index in [4.69, 9.17) is 0 Å². The third-order valence-electron chi connectivity index (χ3n) is 3.39. The van der Waals surface area contributed by atoms with Crippen molar-refractivity contribution in [3.8, 4) is 0 Å². The van der Waals surface area contributed by atoms with E-state index in [0.717, 1.165) is 25.9 Å². The van der Waals surface area contributed by atoms with E-state index in [2.05, 4.69) is 22.1 Å². The molecule has 0 radical (unpaired) electrons. The van der Waals surface area contributed by atoms with Gasteiger partial charge in [0, 0.05) is 25.6 Å². The van der Waals surface area contributed by atoms with E-state index in [1.807, 2.05) is 11.9 Å². The lowest BCUT2D eigenvalue weighted by atomic mass is 10.0. The first-order chi connectivity index (χ1) is 8.29. The fraction of sp³-hybridized carbons (Fsp3) is 0.615. The Bertz CT molecular complexity index is 350. The number of hydrogen-bond acceptors (Lipinski definition) is 3. The number of carbonyl (C=O) groups excluding carboxylic acids is 1. The first-order valence-electron chi connectivity index (χ1n) is 6.25. The molecule has 17 heavy (non-hydrogen) atoms. The van der Waals surface area contributed by atoms with Gasteiger partial charge in [0.2, 0.25) is 5.91 Å². The summed E-state index contributed by atoms with van der Waals surface area (Å²) in [5.41, 5.74) is 1.28. The summed E-state index contributed by atoms with van der Waals surface area (Å²) in [7, 11) is 1.98. The molecule has 0 bridgehead atoms. The molecule has 1 atom stereocenters. The lowest BCUT2D eigenvalue weighted by Crippen LogP contribution is -2.47. The molecule has 2 heterocycles. The number of piperidine rings is 1. The highest BCUT2D eigenvalue weighted by Crippen LogP contribution is 2.13. The molecule has 0 spiro atoms. The highest BCUT2D eigenvalue weighted by Gasteiger charge is 2.21. The van der Waals surface area contributed by atoms with Crippen LogP contribution in [0.4, 0.5) is 0 Å². The molecule has 1 aromatic rings. The number of amides is 1. The van der Waals surface area contributed by atoms with Gasteiger partial charge in [-0.3, -0.25) is 4.79 Å². The first kappa shape index (κ1) is 12.6. The third-order valence-corrected chi connectivity index (χ3v) is 4.12. The molecular formula is C13H20N2OS. The fourth-order valence-corrected chi connectivity index (χ4v) is 2.99. The van der Waals surface area contributed by atoms with Crippen LogP contribution in [0.25, 0.3) is 0 Å². The zero-order chi connectivity index (χ0) is 12.1. The SMILES string of the molecule is CNC1CCCN(C(=O)CCc2ccsc2)C1. The van der Waals surface area contributed by atoms with Crippen molar-refractivity contribution >= 4 is 17.2 Å². The largest absolute Gasteiger partial charge is 0.341 e. The molecule has 1 unspecified atom stereocenters. The monoisotopic (exact) mass is 252 g/mol. The van der Waals surface area contributed by atoms with Crippen LogP contribution in [0.3, 0.4) is 0 Å². The van der Waals surface area contributed by atoms with Gasteiger partial charge in [0.1, 0.15) is 0 Å². The molecule has 1 N–H and O–H groups in total. The summed E-state index contributed by atoms with van der Waals surface area (Å²) in [6.45, 7) is 1.81. The Kier molecular flexibility index (Phi) is 4.57. The standard InChI is InChI=1S/C13H20N2OS/c1-14-12-3-2-7-15(9-12)13(16)5-4-11-6-8-17-10-11/h6,8,10,12,14H,2-5,7,9H2,1H3. The number of carbonyl (C=O) groups is 1. The molecule has 0 aliphatic carbocycles. The van der Waals surface area contributed by atoms with Crippen LogP contribution in [-0.4, -0.2) is 37.0 Å². The van der Waals surface area contributed by atoms with Crippen LogP contribution in [0.5, 0.6) is 0 Å². The van der Waals surface area contributed by atoms with Crippen molar-refractivity contribution in [2.45, 2.75) is 31.7 Å². The Morgan fingerprint density at radius 1 is 1.65 bits per heavy atom. The van der Waals surface area contributed by atoms with Crippen molar-refractivity contribution in [1.29, 1.82) is 0 Å². The molecule has 1 saturated heterocycles. The number of hydrogen-bond donors (Lipinski definition) is 1. The summed E-state index contributed by atoms with van der Waals surface area (Å²) in [5, 5.41) is 7.46. The summed E-state index contributed by atoms with van der Waals surface area (Å²) in [4.78, 5) is 14.1. The predicted octanol–water partition coefficient (Wildman–Crippen LogP) is 1.89. The van der Waals surface area contributed by atoms with Gasteiger partial charge in [-0.2, -0.15) is 11.3 Å². The highest BCUT2D eigenvalue weighted by molar-refractivity contribution is 7.07. The van der Waals surface area contributed by atoms with Gasteiger partial charge in [0.05, 0.1) is 0 Å². The third kappa shape index (κ3) is 3.54. The normalized spacial score (nSPS) is 20.5. The minimum Gasteiger partial charge on any atom is -0.341 e. The van der Waals surface area contributed by atoms with Crippen LogP contribution in [0.15, 0.2) is 16.8 Å². The summed E-state index contributed by atoms with van der Waals surface area (Å²) in [6, 6.07) is 2.58. The van der Waals surface area contributed by atoms with E-state index in [1.165, 1.54) is 12.0 Å². The van der Waals surface area contributed by atoms with Gasteiger partial charge in [-0.25, -0.2) is 0 Å². The number of likely N-dealkylation sites (tertiary alicyclic amines) is 1. The maximum atomic E-state index is 12.1. The van der Waals surface area contributed by atoms with E-state index in [9.17, 15) is 4.79 Å². The fourth-order valence-electron chi connectivity index (χ4n) is 2.28. The molecule has 1 aliphatic heterocycles. The van der Waals surface area contributed by atoms with Crippen LogP contribution >= 0.6 is 11.3 Å². The van der Waals surface area contributed by atoms with Crippen LogP contribution in [0, 0.1) is 0 Å². The second kappa shape index (κ2) is 6.17. The molecule has 1 fully saturated rings. The molecule has 2 rings (SSSR count). The van der Waals surface area contributed by atoms with Crippen molar-refractivity contribution in [2.24, 2.45) is 0 Å². The number of thiophene rings is 1. The molecule has 1 amide bonds. The lowest BCUT2D eigenvalue weighted by Gasteiger charge is -2.32. The minimum atomic E-state index is 0.302. The number of rotatable bonds is 4. The van der Waals surface area contributed by atoms with Crippen LogP contribution < -0.4 is 5.32 Å². The molecule has 0 saturated carbocycles. The zero-order valence-corrected chi connectivity index (χ0v) is 11.1. The Hall–Kier alpha value is -0.870. The van der Waals surface area contributed by atoms with Crippen molar-refractivity contribution in [1.82, 2.24) is 10.2 Å². The van der Waals surface area contributed by atoms with E-state index in [-0.39, 0.29) is 0 Å². The molecular weight excluding hydrogens is 232 g/mol. The van der Waals surface area contributed by atoms with Crippen LogP contribution in [0.2, 0.25) is 0 Å². The van der Waals surface area contributed by atoms with Gasteiger partial charge in [-0.05, 0) is 48.7 Å².